The average molecular weight is 181 g/mol. The number of hydrogen-bond acceptors (Lipinski definition) is 3. The summed E-state index contributed by atoms with van der Waals surface area (Å²) >= 11 is 0. The van der Waals surface area contributed by atoms with Crippen LogP contribution in [0, 0.1) is 5.92 Å². The molecule has 1 unspecified atom stereocenters. The van der Waals surface area contributed by atoms with Crippen LogP contribution in [-0.4, -0.2) is 18.5 Å². The Hall–Kier alpha value is -0.730. The first-order valence-corrected chi connectivity index (χ1v) is 5.43. The van der Waals surface area contributed by atoms with Crippen molar-refractivity contribution in [2.45, 2.75) is 44.6 Å². The fourth-order valence-corrected chi connectivity index (χ4v) is 2.46. The van der Waals surface area contributed by atoms with Crippen molar-refractivity contribution in [1.82, 2.24) is 5.32 Å². The van der Waals surface area contributed by atoms with Crippen molar-refractivity contribution in [2.24, 2.45) is 16.6 Å². The Kier molecular flexibility index (Phi) is 2.71. The molecule has 2 aliphatic rings. The number of nitrogens with zero attached hydrogens (tertiary/aromatic N) is 1. The van der Waals surface area contributed by atoms with Crippen LogP contribution >= 0.6 is 0 Å². The topological polar surface area (TPSA) is 50.4 Å². The molecule has 0 amide bonds. The van der Waals surface area contributed by atoms with E-state index in [0.29, 0.717) is 12.0 Å². The predicted molar refractivity (Wildman–Crippen MR) is 54.6 cm³/mol. The monoisotopic (exact) mass is 181 g/mol. The van der Waals surface area contributed by atoms with Crippen molar-refractivity contribution in [2.75, 3.05) is 6.54 Å². The van der Waals surface area contributed by atoms with Crippen molar-refractivity contribution < 1.29 is 0 Å². The Balaban J connectivity index is 1.85. The van der Waals surface area contributed by atoms with E-state index in [-0.39, 0.29) is 0 Å². The zero-order chi connectivity index (χ0) is 9.10. The molecule has 0 saturated heterocycles. The highest BCUT2D eigenvalue weighted by Gasteiger charge is 2.25. The van der Waals surface area contributed by atoms with Gasteiger partial charge in [-0.25, -0.2) is 0 Å². The van der Waals surface area contributed by atoms with Gasteiger partial charge in [-0.1, -0.05) is 25.7 Å². The summed E-state index contributed by atoms with van der Waals surface area (Å²) in [6, 6.07) is 0.540. The summed E-state index contributed by atoms with van der Waals surface area (Å²) in [5.41, 5.74) is 5.61. The summed E-state index contributed by atoms with van der Waals surface area (Å²) in [5.74, 6) is 1.46. The van der Waals surface area contributed by atoms with E-state index in [2.05, 4.69) is 10.3 Å². The second-order valence-electron chi connectivity index (χ2n) is 4.23. The van der Waals surface area contributed by atoms with Gasteiger partial charge in [-0.2, -0.15) is 0 Å². The highest BCUT2D eigenvalue weighted by molar-refractivity contribution is 5.79. The van der Waals surface area contributed by atoms with Gasteiger partial charge in [0.1, 0.15) is 0 Å². The maximum absolute atomic E-state index is 5.61. The van der Waals surface area contributed by atoms with Gasteiger partial charge in [0.2, 0.25) is 0 Å². The number of rotatable bonds is 1. The van der Waals surface area contributed by atoms with Crippen LogP contribution in [0.3, 0.4) is 0 Å². The zero-order valence-corrected chi connectivity index (χ0v) is 8.13. The van der Waals surface area contributed by atoms with Crippen LogP contribution in [0.25, 0.3) is 0 Å². The summed E-state index contributed by atoms with van der Waals surface area (Å²) < 4.78 is 0. The van der Waals surface area contributed by atoms with Crippen molar-refractivity contribution in [1.29, 1.82) is 0 Å². The Morgan fingerprint density at radius 1 is 1.15 bits per heavy atom. The van der Waals surface area contributed by atoms with Gasteiger partial charge in [0, 0.05) is 0 Å². The van der Waals surface area contributed by atoms with Crippen LogP contribution in [0.4, 0.5) is 0 Å². The molecular weight excluding hydrogens is 162 g/mol. The van der Waals surface area contributed by atoms with E-state index in [1.165, 1.54) is 38.5 Å². The molecule has 1 atom stereocenters. The molecule has 1 aliphatic carbocycles. The number of aliphatic imine (C=N–C) groups is 1. The summed E-state index contributed by atoms with van der Waals surface area (Å²) in [4.78, 5) is 4.21. The Bertz CT molecular complexity index is 192. The minimum absolute atomic E-state index is 0.540. The molecule has 0 radical (unpaired) electrons. The molecule has 0 spiro atoms. The lowest BCUT2D eigenvalue weighted by Gasteiger charge is -2.21. The van der Waals surface area contributed by atoms with Crippen LogP contribution in [0.15, 0.2) is 4.99 Å². The molecule has 1 fully saturated rings. The lowest BCUT2D eigenvalue weighted by molar-refractivity contribution is 0.368. The van der Waals surface area contributed by atoms with Gasteiger partial charge >= 0.3 is 0 Å². The van der Waals surface area contributed by atoms with E-state index >= 15 is 0 Å². The molecule has 3 nitrogen and oxygen atoms in total. The summed E-state index contributed by atoms with van der Waals surface area (Å²) in [7, 11) is 0. The average Bonchev–Trinajstić information content (AvgIpc) is 2.43. The van der Waals surface area contributed by atoms with Gasteiger partial charge in [0.15, 0.2) is 5.96 Å². The molecular formula is C10H19N3. The fraction of sp³-hybridized carbons (Fsp3) is 0.900. The van der Waals surface area contributed by atoms with E-state index in [0.717, 1.165) is 12.5 Å². The maximum atomic E-state index is 5.61. The molecule has 1 saturated carbocycles. The second-order valence-corrected chi connectivity index (χ2v) is 4.23. The molecule has 1 heterocycles. The zero-order valence-electron chi connectivity index (χ0n) is 8.13. The molecule has 0 aromatic carbocycles. The van der Waals surface area contributed by atoms with Crippen LogP contribution < -0.4 is 11.1 Å². The van der Waals surface area contributed by atoms with E-state index < -0.39 is 0 Å². The van der Waals surface area contributed by atoms with E-state index in [1.54, 1.807) is 0 Å². The van der Waals surface area contributed by atoms with Gasteiger partial charge in [0.25, 0.3) is 0 Å². The number of guanidine groups is 1. The number of hydrogen-bond donors (Lipinski definition) is 2. The third-order valence-corrected chi connectivity index (χ3v) is 3.26. The van der Waals surface area contributed by atoms with Gasteiger partial charge < -0.3 is 11.1 Å². The maximum Gasteiger partial charge on any atom is 0.188 e. The predicted octanol–water partition coefficient (Wildman–Crippen LogP) is 1.24. The standard InChI is InChI=1S/C10H19N3/c11-10-12-7-9(13-10)8-5-3-1-2-4-6-8/h8-9H,1-7H2,(H3,11,12,13). The van der Waals surface area contributed by atoms with Crippen LogP contribution in [0.2, 0.25) is 0 Å². The molecule has 74 valence electrons. The quantitative estimate of drug-likeness (QED) is 0.598. The highest BCUT2D eigenvalue weighted by atomic mass is 15.2. The van der Waals surface area contributed by atoms with Crippen molar-refractivity contribution >= 4 is 5.96 Å². The molecule has 0 bridgehead atoms. The smallest absolute Gasteiger partial charge is 0.188 e. The first kappa shape index (κ1) is 8.85. The molecule has 0 aromatic rings. The van der Waals surface area contributed by atoms with Crippen LogP contribution in [0.5, 0.6) is 0 Å². The molecule has 0 aromatic heterocycles. The second kappa shape index (κ2) is 3.99. The van der Waals surface area contributed by atoms with Crippen LogP contribution in [-0.2, 0) is 0 Å². The van der Waals surface area contributed by atoms with Crippen molar-refractivity contribution in [3.8, 4) is 0 Å². The molecule has 3 N–H and O–H groups in total. The minimum Gasteiger partial charge on any atom is -0.370 e. The van der Waals surface area contributed by atoms with Gasteiger partial charge in [-0.05, 0) is 18.8 Å². The minimum atomic E-state index is 0.540. The van der Waals surface area contributed by atoms with E-state index in [1.807, 2.05) is 0 Å². The van der Waals surface area contributed by atoms with Crippen molar-refractivity contribution in [3.63, 3.8) is 0 Å². The van der Waals surface area contributed by atoms with Gasteiger partial charge in [-0.15, -0.1) is 0 Å². The SMILES string of the molecule is NC1=NCC(C2CCCCCC2)N1. The van der Waals surface area contributed by atoms with Gasteiger partial charge in [-0.3, -0.25) is 4.99 Å². The summed E-state index contributed by atoms with van der Waals surface area (Å²) in [5, 5.41) is 3.28. The van der Waals surface area contributed by atoms with Crippen molar-refractivity contribution in [3.05, 3.63) is 0 Å². The normalized spacial score (nSPS) is 30.8. The first-order valence-electron chi connectivity index (χ1n) is 5.43. The van der Waals surface area contributed by atoms with Crippen LogP contribution in [0.1, 0.15) is 38.5 Å². The molecule has 1 aliphatic heterocycles. The Morgan fingerprint density at radius 2 is 1.85 bits per heavy atom. The largest absolute Gasteiger partial charge is 0.370 e. The highest BCUT2D eigenvalue weighted by Crippen LogP contribution is 2.26. The molecule has 3 heteroatoms. The van der Waals surface area contributed by atoms with E-state index in [4.69, 9.17) is 5.73 Å². The number of nitrogens with two attached hydrogens (primary N) is 1. The fourth-order valence-electron chi connectivity index (χ4n) is 2.46. The summed E-state index contributed by atoms with van der Waals surface area (Å²) in [6.45, 7) is 0.899. The Morgan fingerprint density at radius 3 is 2.38 bits per heavy atom. The lowest BCUT2D eigenvalue weighted by Crippen LogP contribution is -2.39. The first-order chi connectivity index (χ1) is 6.36. The Labute approximate surface area is 79.8 Å². The van der Waals surface area contributed by atoms with Gasteiger partial charge in [0.05, 0.1) is 12.6 Å². The number of nitrogens with one attached hydrogen (secondary N) is 1. The molecule has 13 heavy (non-hydrogen) atoms. The molecule has 2 rings (SSSR count). The third kappa shape index (κ3) is 2.14. The van der Waals surface area contributed by atoms with E-state index in [9.17, 15) is 0 Å². The third-order valence-electron chi connectivity index (χ3n) is 3.26. The summed E-state index contributed by atoms with van der Waals surface area (Å²) in [6.07, 6.45) is 8.34. The lowest BCUT2D eigenvalue weighted by atomic mass is 9.92.